The number of hydrogen-bond acceptors (Lipinski definition) is 7. The number of amides is 1. The van der Waals surface area contributed by atoms with Gasteiger partial charge in [-0.05, 0) is 90.1 Å². The Morgan fingerprint density at radius 2 is 1.38 bits per heavy atom. The van der Waals surface area contributed by atoms with Crippen molar-refractivity contribution in [3.63, 3.8) is 0 Å². The number of carboxylic acid groups (broad SMARTS) is 1. The zero-order valence-electron chi connectivity index (χ0n) is 30.9. The van der Waals surface area contributed by atoms with Gasteiger partial charge in [0.15, 0.2) is 28.2 Å². The number of nitrogens with zero attached hydrogens (tertiary/aromatic N) is 2. The number of anilines is 1. The van der Waals surface area contributed by atoms with E-state index in [0.29, 0.717) is 5.56 Å². The number of methoxy groups -OCH3 is 1. The molecule has 2 aliphatic rings. The van der Waals surface area contributed by atoms with E-state index >= 15 is 8.78 Å². The topological polar surface area (TPSA) is 123 Å². The predicted molar refractivity (Wildman–Crippen MR) is 198 cm³/mol. The molecule has 0 unspecified atom stereocenters. The normalized spacial score (nSPS) is 14.2. The number of ether oxygens (including phenoxy) is 3. The first-order valence-corrected chi connectivity index (χ1v) is 19.9. The largest absolute Gasteiger partial charge is 0.489 e. The van der Waals surface area contributed by atoms with Crippen molar-refractivity contribution in [1.82, 2.24) is 4.31 Å². The molecule has 0 spiro atoms. The summed E-state index contributed by atoms with van der Waals surface area (Å²) in [5.41, 5.74) is 2.18. The second-order valence-corrected chi connectivity index (χ2v) is 16.2. The molecule has 2 saturated carbocycles. The number of carbonyl (C=O) groups is 2. The third-order valence-corrected chi connectivity index (χ3v) is 11.8. The molecule has 4 aromatic carbocycles. The summed E-state index contributed by atoms with van der Waals surface area (Å²) in [5.74, 6) is -15.9. The summed E-state index contributed by atoms with van der Waals surface area (Å²) < 4.78 is 132. The van der Waals surface area contributed by atoms with Gasteiger partial charge in [0.2, 0.25) is 21.7 Å². The first-order valence-electron chi connectivity index (χ1n) is 18.1. The zero-order chi connectivity index (χ0) is 41.9. The molecule has 4 aromatic rings. The maximum atomic E-state index is 15.2. The Morgan fingerprint density at radius 1 is 0.776 bits per heavy atom. The van der Waals surface area contributed by atoms with Crippen molar-refractivity contribution in [2.75, 3.05) is 45.0 Å². The van der Waals surface area contributed by atoms with E-state index in [-0.39, 0.29) is 76.7 Å². The Balaban J connectivity index is 1.46. The Labute approximate surface area is 334 Å². The molecule has 0 atom stereocenters. The van der Waals surface area contributed by atoms with E-state index in [1.54, 1.807) is 0 Å². The Bertz CT molecular complexity index is 2270. The number of hydrogen-bond donors (Lipinski definition) is 1. The maximum Gasteiger partial charge on any atom is 0.335 e. The van der Waals surface area contributed by atoms with Gasteiger partial charge in [0, 0.05) is 18.7 Å². The highest BCUT2D eigenvalue weighted by Gasteiger charge is 2.39. The van der Waals surface area contributed by atoms with Crippen molar-refractivity contribution in [2.24, 2.45) is 0 Å². The highest BCUT2D eigenvalue weighted by molar-refractivity contribution is 7.89. The molecular weight excluding hydrogens is 818 g/mol. The van der Waals surface area contributed by atoms with E-state index in [2.05, 4.69) is 6.07 Å². The van der Waals surface area contributed by atoms with E-state index < -0.39 is 74.8 Å². The molecule has 0 saturated heterocycles. The lowest BCUT2D eigenvalue weighted by molar-refractivity contribution is -0.119. The van der Waals surface area contributed by atoms with Gasteiger partial charge in [0.1, 0.15) is 18.2 Å². The van der Waals surface area contributed by atoms with Crippen LogP contribution >= 0.6 is 11.6 Å². The Morgan fingerprint density at radius 3 is 1.95 bits per heavy atom. The molecule has 1 amide bonds. The summed E-state index contributed by atoms with van der Waals surface area (Å²) >= 11 is 6.19. The summed E-state index contributed by atoms with van der Waals surface area (Å²) in [5, 5.41) is 9.43. The molecule has 1 N–H and O–H groups in total. The van der Waals surface area contributed by atoms with Crippen molar-refractivity contribution >= 4 is 39.2 Å². The summed E-state index contributed by atoms with van der Waals surface area (Å²) in [4.78, 5) is 25.6. The minimum atomic E-state index is -5.80. The van der Waals surface area contributed by atoms with Crippen molar-refractivity contribution in [3.8, 4) is 5.75 Å². The van der Waals surface area contributed by atoms with Crippen LogP contribution in [-0.2, 0) is 37.4 Å². The lowest BCUT2D eigenvalue weighted by Crippen LogP contribution is -2.43. The highest BCUT2D eigenvalue weighted by Crippen LogP contribution is 2.46. The van der Waals surface area contributed by atoms with Crippen LogP contribution in [0.1, 0.15) is 70.1 Å². The molecule has 0 bridgehead atoms. The van der Waals surface area contributed by atoms with Gasteiger partial charge in [-0.3, -0.25) is 4.79 Å². The van der Waals surface area contributed by atoms with E-state index in [1.807, 2.05) is 12.1 Å². The SMILES string of the molecule is COCCOCCOc1cc(C(=O)O)ccc1N(Cc1cc(C2CC2)cc(C2CC2)c1)C(=O)CN(Cc1ccc(F)cc1Cl)S(=O)(=O)c1c(F)c(F)c(F)c(F)c1F. The van der Waals surface area contributed by atoms with E-state index in [9.17, 15) is 40.7 Å². The molecule has 6 rings (SSSR count). The molecule has 0 aliphatic heterocycles. The molecule has 2 fully saturated rings. The van der Waals surface area contributed by atoms with Crippen LogP contribution in [0.4, 0.5) is 32.0 Å². The number of benzene rings is 4. The number of rotatable bonds is 19. The molecule has 0 heterocycles. The third kappa shape index (κ3) is 9.77. The van der Waals surface area contributed by atoms with E-state index in [4.69, 9.17) is 25.8 Å². The van der Waals surface area contributed by atoms with Crippen molar-refractivity contribution in [3.05, 3.63) is 122 Å². The molecule has 0 aromatic heterocycles. The number of aromatic carboxylic acids is 1. The van der Waals surface area contributed by atoms with Gasteiger partial charge in [-0.15, -0.1) is 0 Å². The lowest BCUT2D eigenvalue weighted by Gasteiger charge is -2.29. The molecule has 58 heavy (non-hydrogen) atoms. The van der Waals surface area contributed by atoms with Crippen LogP contribution in [0.25, 0.3) is 0 Å². The third-order valence-electron chi connectivity index (χ3n) is 9.63. The first kappa shape index (κ1) is 42.9. The van der Waals surface area contributed by atoms with Gasteiger partial charge in [0.25, 0.3) is 0 Å². The lowest BCUT2D eigenvalue weighted by atomic mass is 9.99. The van der Waals surface area contributed by atoms with Crippen LogP contribution in [0.2, 0.25) is 5.02 Å². The summed E-state index contributed by atoms with van der Waals surface area (Å²) in [7, 11) is -4.33. The summed E-state index contributed by atoms with van der Waals surface area (Å²) in [6.07, 6.45) is 3.81. The van der Waals surface area contributed by atoms with E-state index in [1.165, 1.54) is 19.2 Å². The molecule has 0 radical (unpaired) electrons. The number of carboxylic acids is 1. The molecular formula is C40H37ClF6N2O8S. The van der Waals surface area contributed by atoms with Gasteiger partial charge in [-0.25, -0.2) is 39.6 Å². The highest BCUT2D eigenvalue weighted by atomic mass is 35.5. The van der Waals surface area contributed by atoms with Crippen molar-refractivity contribution < 1.29 is 63.7 Å². The van der Waals surface area contributed by atoms with E-state index in [0.717, 1.165) is 66.0 Å². The standard InChI is InChI=1S/C40H37ClF6N2O8S/c1-55-10-11-56-12-13-57-32-17-25(40(51)52)7-9-31(32)49(19-22-14-27(23-2-3-23)16-28(15-22)24-4-5-24)33(50)21-48(20-26-6-8-29(42)18-30(26)41)58(53,54)39-37(46)35(44)34(43)36(45)38(39)47/h6-9,14-18,23-24H,2-5,10-13,19-21H2,1H3,(H,51,52). The fourth-order valence-electron chi connectivity index (χ4n) is 6.31. The summed E-state index contributed by atoms with van der Waals surface area (Å²) in [6.45, 7) is -2.21. The second kappa shape index (κ2) is 18.1. The van der Waals surface area contributed by atoms with Gasteiger partial charge in [-0.1, -0.05) is 35.9 Å². The number of sulfonamides is 1. The van der Waals surface area contributed by atoms with Gasteiger partial charge >= 0.3 is 5.97 Å². The molecule has 18 heteroatoms. The first-order chi connectivity index (χ1) is 27.6. The van der Waals surface area contributed by atoms with Crippen LogP contribution in [0.3, 0.4) is 0 Å². The van der Waals surface area contributed by atoms with Gasteiger partial charge in [-0.2, -0.15) is 4.31 Å². The molecule has 10 nitrogen and oxygen atoms in total. The number of carbonyl (C=O) groups excluding carboxylic acids is 1. The fourth-order valence-corrected chi connectivity index (χ4v) is 8.02. The van der Waals surface area contributed by atoms with Crippen LogP contribution < -0.4 is 9.64 Å². The van der Waals surface area contributed by atoms with Crippen LogP contribution in [0.15, 0.2) is 59.5 Å². The minimum absolute atomic E-state index is 0.00853. The van der Waals surface area contributed by atoms with Crippen molar-refractivity contribution in [2.45, 2.75) is 55.5 Å². The monoisotopic (exact) mass is 854 g/mol. The smallest absolute Gasteiger partial charge is 0.335 e. The second-order valence-electron chi connectivity index (χ2n) is 13.9. The minimum Gasteiger partial charge on any atom is -0.489 e. The van der Waals surface area contributed by atoms with Crippen LogP contribution in [-0.4, -0.2) is 69.8 Å². The fraction of sp³-hybridized carbons (Fsp3) is 0.350. The summed E-state index contributed by atoms with van der Waals surface area (Å²) in [6, 6.07) is 12.2. The average molecular weight is 855 g/mol. The predicted octanol–water partition coefficient (Wildman–Crippen LogP) is 8.09. The van der Waals surface area contributed by atoms with Gasteiger partial charge in [0.05, 0.1) is 44.2 Å². The average Bonchev–Trinajstić information content (AvgIpc) is 4.12. The zero-order valence-corrected chi connectivity index (χ0v) is 32.5. The Kier molecular flexibility index (Phi) is 13.4. The Hall–Kier alpha value is -4.68. The molecule has 2 aliphatic carbocycles. The quantitative estimate of drug-likeness (QED) is 0.0435. The van der Waals surface area contributed by atoms with Crippen molar-refractivity contribution in [1.29, 1.82) is 0 Å². The van der Waals surface area contributed by atoms with Crippen LogP contribution in [0.5, 0.6) is 5.75 Å². The van der Waals surface area contributed by atoms with Crippen LogP contribution in [0, 0.1) is 34.9 Å². The van der Waals surface area contributed by atoms with Gasteiger partial charge < -0.3 is 24.2 Å². The molecule has 310 valence electrons. The maximum absolute atomic E-state index is 15.2. The number of halogens is 7.